The van der Waals surface area contributed by atoms with Gasteiger partial charge in [-0.3, -0.25) is 4.79 Å². The molecule has 2 aliphatic rings. The van der Waals surface area contributed by atoms with Crippen molar-refractivity contribution in [3.63, 3.8) is 0 Å². The molecule has 1 aromatic rings. The lowest BCUT2D eigenvalue weighted by atomic mass is 9.79. The van der Waals surface area contributed by atoms with Gasteiger partial charge in [0.15, 0.2) is 6.10 Å². The van der Waals surface area contributed by atoms with Crippen LogP contribution < -0.4 is 0 Å². The lowest BCUT2D eigenvalue weighted by Crippen LogP contribution is -2.49. The van der Waals surface area contributed by atoms with E-state index in [1.165, 1.54) is 77.0 Å². The van der Waals surface area contributed by atoms with Crippen LogP contribution in [0, 0.1) is 5.92 Å². The summed E-state index contributed by atoms with van der Waals surface area (Å²) in [5, 5.41) is 0. The first-order valence-corrected chi connectivity index (χ1v) is 17.7. The summed E-state index contributed by atoms with van der Waals surface area (Å²) in [6.07, 6.45) is 24.3. The van der Waals surface area contributed by atoms with Gasteiger partial charge in [-0.05, 0) is 19.3 Å². The van der Waals surface area contributed by atoms with E-state index in [1.807, 2.05) is 30.3 Å². The molecule has 0 bridgehead atoms. The van der Waals surface area contributed by atoms with Crippen LogP contribution in [-0.2, 0) is 24.7 Å². The van der Waals surface area contributed by atoms with Crippen LogP contribution in [0.3, 0.4) is 0 Å². The Bertz CT molecular complexity index is 894. The number of benzene rings is 1. The molecule has 0 amide bonds. The zero-order chi connectivity index (χ0) is 30.1. The maximum absolute atomic E-state index is 14.1. The average Bonchev–Trinajstić information content (AvgIpc) is 3.64. The van der Waals surface area contributed by atoms with Crippen molar-refractivity contribution in [1.82, 2.24) is 0 Å². The third-order valence-corrected chi connectivity index (χ3v) is 9.72. The summed E-state index contributed by atoms with van der Waals surface area (Å²) in [5.41, 5.74) is -0.581. The van der Waals surface area contributed by atoms with E-state index in [-0.39, 0.29) is 24.0 Å². The van der Waals surface area contributed by atoms with Gasteiger partial charge in [0.25, 0.3) is 0 Å². The zero-order valence-electron chi connectivity index (χ0n) is 27.4. The fraction of sp³-hybridized carbons (Fsp3) is 0.784. The number of nitrogens with zero attached hydrogens (tertiary/aromatic N) is 1. The van der Waals surface area contributed by atoms with Gasteiger partial charge in [0, 0.05) is 24.3 Å². The van der Waals surface area contributed by atoms with Crippen LogP contribution in [0.1, 0.15) is 147 Å². The normalized spacial score (nSPS) is 19.9. The van der Waals surface area contributed by atoms with Crippen molar-refractivity contribution in [2.75, 3.05) is 27.2 Å². The molecule has 238 valence electrons. The predicted octanol–water partition coefficient (Wildman–Crippen LogP) is 9.27. The van der Waals surface area contributed by atoms with Gasteiger partial charge in [0.05, 0.1) is 20.6 Å². The van der Waals surface area contributed by atoms with Crippen molar-refractivity contribution in [3.05, 3.63) is 35.9 Å². The van der Waals surface area contributed by atoms with E-state index in [0.29, 0.717) is 6.42 Å². The highest BCUT2D eigenvalue weighted by molar-refractivity contribution is 5.85. The monoisotopic (exact) mass is 584 g/mol. The number of ether oxygens (including phenoxy) is 2. The Hall–Kier alpha value is -1.88. The van der Waals surface area contributed by atoms with Gasteiger partial charge in [-0.1, -0.05) is 140 Å². The molecular weight excluding hydrogens is 522 g/mol. The third kappa shape index (κ3) is 11.3. The first-order valence-electron chi connectivity index (χ1n) is 17.7. The number of likely N-dealkylation sites (N-methyl/N-ethyl adjacent to an activating group) is 1. The highest BCUT2D eigenvalue weighted by atomic mass is 16.6. The Labute approximate surface area is 257 Å². The number of carbonyl (C=O) groups is 2. The standard InChI is InChI=1S/C37H62NO4/c1-4-5-6-7-8-9-10-11-12-13-14-15-16-17-21-28-35(39)42-37(33-26-22-23-27-33,32-24-19-18-20-25-32)36(40)41-34-29-30-38(2,3)31-34/h18-20,24-25,33-34H,4-17,21-23,26-31H2,1-3H3/q+1. The zero-order valence-corrected chi connectivity index (χ0v) is 27.4. The van der Waals surface area contributed by atoms with Crippen LogP contribution >= 0.6 is 0 Å². The topological polar surface area (TPSA) is 52.6 Å². The molecule has 5 nitrogen and oxygen atoms in total. The van der Waals surface area contributed by atoms with Crippen molar-refractivity contribution >= 4 is 11.9 Å². The number of carbonyl (C=O) groups excluding carboxylic acids is 2. The number of esters is 2. The van der Waals surface area contributed by atoms with Gasteiger partial charge >= 0.3 is 11.9 Å². The lowest BCUT2D eigenvalue weighted by molar-refractivity contribution is -0.879. The molecular formula is C37H62NO4+. The first-order chi connectivity index (χ1) is 20.4. The molecule has 5 heteroatoms. The maximum Gasteiger partial charge on any atom is 0.356 e. The number of quaternary nitrogens is 1. The van der Waals surface area contributed by atoms with Gasteiger partial charge in [0.1, 0.15) is 6.54 Å². The van der Waals surface area contributed by atoms with Gasteiger partial charge < -0.3 is 14.0 Å². The Morgan fingerprint density at radius 1 is 0.762 bits per heavy atom. The fourth-order valence-corrected chi connectivity index (χ4v) is 7.16. The molecule has 2 unspecified atom stereocenters. The second-order valence-corrected chi connectivity index (χ2v) is 13.9. The Balaban J connectivity index is 1.43. The second kappa shape index (κ2) is 18.7. The van der Waals surface area contributed by atoms with E-state index in [4.69, 9.17) is 9.47 Å². The van der Waals surface area contributed by atoms with Gasteiger partial charge in [-0.25, -0.2) is 4.79 Å². The number of likely N-dealkylation sites (tertiary alicyclic amines) is 1. The van der Waals surface area contributed by atoms with E-state index in [1.54, 1.807) is 0 Å². The summed E-state index contributed by atoms with van der Waals surface area (Å²) in [6, 6.07) is 9.70. The summed E-state index contributed by atoms with van der Waals surface area (Å²) >= 11 is 0. The van der Waals surface area contributed by atoms with E-state index >= 15 is 0 Å². The van der Waals surface area contributed by atoms with Crippen LogP contribution in [0.5, 0.6) is 0 Å². The Morgan fingerprint density at radius 3 is 1.79 bits per heavy atom. The molecule has 42 heavy (non-hydrogen) atoms. The van der Waals surface area contributed by atoms with Crippen molar-refractivity contribution in [2.45, 2.75) is 153 Å². The van der Waals surface area contributed by atoms with Crippen molar-refractivity contribution in [1.29, 1.82) is 0 Å². The van der Waals surface area contributed by atoms with Crippen LogP contribution in [0.4, 0.5) is 0 Å². The van der Waals surface area contributed by atoms with E-state index in [2.05, 4.69) is 21.0 Å². The molecule has 0 aromatic heterocycles. The second-order valence-electron chi connectivity index (χ2n) is 13.9. The van der Waals surface area contributed by atoms with Crippen molar-refractivity contribution in [2.24, 2.45) is 5.92 Å². The highest BCUT2D eigenvalue weighted by Gasteiger charge is 2.54. The van der Waals surface area contributed by atoms with E-state index < -0.39 is 5.60 Å². The molecule has 1 saturated heterocycles. The van der Waals surface area contributed by atoms with E-state index in [0.717, 1.165) is 74.5 Å². The van der Waals surface area contributed by atoms with Crippen LogP contribution in [0.15, 0.2) is 30.3 Å². The fourth-order valence-electron chi connectivity index (χ4n) is 7.16. The highest BCUT2D eigenvalue weighted by Crippen LogP contribution is 2.45. The largest absolute Gasteiger partial charge is 0.453 e. The third-order valence-electron chi connectivity index (χ3n) is 9.72. The molecule has 2 fully saturated rings. The Kier molecular flexibility index (Phi) is 15.4. The molecule has 3 rings (SSSR count). The summed E-state index contributed by atoms with van der Waals surface area (Å²) in [5.74, 6) is -0.668. The maximum atomic E-state index is 14.1. The lowest BCUT2D eigenvalue weighted by Gasteiger charge is -2.37. The van der Waals surface area contributed by atoms with Gasteiger partial charge in [-0.2, -0.15) is 0 Å². The number of hydrogen-bond donors (Lipinski definition) is 0. The summed E-state index contributed by atoms with van der Waals surface area (Å²) in [6.45, 7) is 4.06. The SMILES string of the molecule is CCCCCCCCCCCCCCCCCC(=O)OC(C(=O)OC1CC[N+](C)(C)C1)(c1ccccc1)C1CCCC1. The van der Waals surface area contributed by atoms with Crippen LogP contribution in [0.2, 0.25) is 0 Å². The molecule has 1 aliphatic heterocycles. The minimum Gasteiger partial charge on any atom is -0.453 e. The molecule has 2 atom stereocenters. The quantitative estimate of drug-likeness (QED) is 0.0821. The molecule has 0 spiro atoms. The Morgan fingerprint density at radius 2 is 1.29 bits per heavy atom. The molecule has 1 aliphatic carbocycles. The van der Waals surface area contributed by atoms with Crippen molar-refractivity contribution in [3.8, 4) is 0 Å². The first kappa shape index (κ1) is 34.6. The molecule has 1 aromatic carbocycles. The average molecular weight is 585 g/mol. The number of hydrogen-bond acceptors (Lipinski definition) is 4. The minimum atomic E-state index is -1.34. The van der Waals surface area contributed by atoms with E-state index in [9.17, 15) is 9.59 Å². The van der Waals surface area contributed by atoms with Crippen LogP contribution in [0.25, 0.3) is 0 Å². The number of unbranched alkanes of at least 4 members (excludes halogenated alkanes) is 14. The molecule has 0 N–H and O–H groups in total. The van der Waals surface area contributed by atoms with Gasteiger partial charge in [-0.15, -0.1) is 0 Å². The summed E-state index contributed by atoms with van der Waals surface area (Å²) < 4.78 is 13.4. The molecule has 1 heterocycles. The van der Waals surface area contributed by atoms with Crippen molar-refractivity contribution < 1.29 is 23.5 Å². The van der Waals surface area contributed by atoms with Gasteiger partial charge in [0.2, 0.25) is 5.60 Å². The number of rotatable bonds is 21. The smallest absolute Gasteiger partial charge is 0.356 e. The summed E-state index contributed by atoms with van der Waals surface area (Å²) in [7, 11) is 4.35. The predicted molar refractivity (Wildman–Crippen MR) is 172 cm³/mol. The summed E-state index contributed by atoms with van der Waals surface area (Å²) in [4.78, 5) is 27.4. The molecule has 0 radical (unpaired) electrons. The molecule has 1 saturated carbocycles. The minimum absolute atomic E-state index is 0.0405. The van der Waals surface area contributed by atoms with Crippen LogP contribution in [-0.4, -0.2) is 49.7 Å².